The van der Waals surface area contributed by atoms with Crippen LogP contribution in [0.4, 0.5) is 0 Å². The fraction of sp³-hybridized carbons (Fsp3) is 0.909. The Hall–Kier alpha value is -0.570. The van der Waals surface area contributed by atoms with Gasteiger partial charge in [0.25, 0.3) is 0 Å². The van der Waals surface area contributed by atoms with E-state index in [2.05, 4.69) is 33.0 Å². The lowest BCUT2D eigenvalue weighted by molar-refractivity contribution is -0.122. The van der Waals surface area contributed by atoms with Gasteiger partial charge in [-0.2, -0.15) is 0 Å². The van der Waals surface area contributed by atoms with Crippen molar-refractivity contribution in [2.75, 3.05) is 6.54 Å². The molecule has 0 saturated heterocycles. The van der Waals surface area contributed by atoms with Crippen LogP contribution in [-0.2, 0) is 4.79 Å². The Balaban J connectivity index is 3.89. The van der Waals surface area contributed by atoms with Gasteiger partial charge < -0.3 is 11.1 Å². The van der Waals surface area contributed by atoms with Crippen molar-refractivity contribution < 1.29 is 4.79 Å². The Labute approximate surface area is 87.4 Å². The molecule has 84 valence electrons. The summed E-state index contributed by atoms with van der Waals surface area (Å²) in [6.07, 6.45) is 0.690. The molecule has 0 fully saturated rings. The molecular formula is C11H24N2O. The molecule has 0 aromatic rings. The van der Waals surface area contributed by atoms with Crippen LogP contribution < -0.4 is 11.1 Å². The van der Waals surface area contributed by atoms with Gasteiger partial charge in [-0.15, -0.1) is 0 Å². The average molecular weight is 200 g/mol. The topological polar surface area (TPSA) is 55.1 Å². The molecule has 0 aliphatic carbocycles. The first-order valence-electron chi connectivity index (χ1n) is 5.32. The Bertz CT molecular complexity index is 184. The molecule has 14 heavy (non-hydrogen) atoms. The first-order chi connectivity index (χ1) is 6.29. The van der Waals surface area contributed by atoms with Crippen LogP contribution in [0.5, 0.6) is 0 Å². The third-order valence-electron chi connectivity index (χ3n) is 2.84. The molecule has 1 unspecified atom stereocenters. The quantitative estimate of drug-likeness (QED) is 0.723. The van der Waals surface area contributed by atoms with E-state index in [0.29, 0.717) is 18.9 Å². The van der Waals surface area contributed by atoms with Crippen molar-refractivity contribution in [3.8, 4) is 0 Å². The number of rotatable bonds is 4. The summed E-state index contributed by atoms with van der Waals surface area (Å²) < 4.78 is 0. The lowest BCUT2D eigenvalue weighted by atomic mass is 9.82. The van der Waals surface area contributed by atoms with Gasteiger partial charge in [-0.25, -0.2) is 0 Å². The summed E-state index contributed by atoms with van der Waals surface area (Å²) in [5.74, 6) is 0.416. The highest BCUT2D eigenvalue weighted by atomic mass is 16.2. The lowest BCUT2D eigenvalue weighted by Gasteiger charge is -2.27. The molecule has 1 amide bonds. The maximum Gasteiger partial charge on any atom is 0.236 e. The molecule has 0 bridgehead atoms. The van der Waals surface area contributed by atoms with E-state index in [9.17, 15) is 4.79 Å². The zero-order valence-electron chi connectivity index (χ0n) is 10.1. The van der Waals surface area contributed by atoms with Crippen molar-refractivity contribution in [3.63, 3.8) is 0 Å². The van der Waals surface area contributed by atoms with Crippen LogP contribution in [0.1, 0.15) is 41.0 Å². The van der Waals surface area contributed by atoms with E-state index in [1.165, 1.54) is 0 Å². The van der Waals surface area contributed by atoms with Crippen molar-refractivity contribution in [3.05, 3.63) is 0 Å². The Morgan fingerprint density at radius 2 is 1.93 bits per heavy atom. The van der Waals surface area contributed by atoms with E-state index >= 15 is 0 Å². The second-order valence-electron chi connectivity index (χ2n) is 5.03. The smallest absolute Gasteiger partial charge is 0.236 e. The predicted molar refractivity (Wildman–Crippen MR) is 59.9 cm³/mol. The van der Waals surface area contributed by atoms with Crippen molar-refractivity contribution in [1.82, 2.24) is 5.32 Å². The fourth-order valence-electron chi connectivity index (χ4n) is 0.876. The highest BCUT2D eigenvalue weighted by Crippen LogP contribution is 2.24. The van der Waals surface area contributed by atoms with Crippen LogP contribution >= 0.6 is 0 Å². The Morgan fingerprint density at radius 3 is 2.29 bits per heavy atom. The maximum absolute atomic E-state index is 11.4. The molecule has 0 saturated carbocycles. The van der Waals surface area contributed by atoms with Gasteiger partial charge >= 0.3 is 0 Å². The summed E-state index contributed by atoms with van der Waals surface area (Å²) in [7, 11) is 0. The summed E-state index contributed by atoms with van der Waals surface area (Å²) in [5, 5.41) is 2.88. The SMILES string of the molecule is CC[C@H](N)C(=O)NCC(C)C(C)(C)C. The van der Waals surface area contributed by atoms with E-state index in [-0.39, 0.29) is 17.4 Å². The van der Waals surface area contributed by atoms with Crippen LogP contribution in [0.3, 0.4) is 0 Å². The summed E-state index contributed by atoms with van der Waals surface area (Å²) in [4.78, 5) is 11.4. The van der Waals surface area contributed by atoms with E-state index < -0.39 is 0 Å². The van der Waals surface area contributed by atoms with Crippen LogP contribution in [0.15, 0.2) is 0 Å². The summed E-state index contributed by atoms with van der Waals surface area (Å²) in [6, 6.07) is -0.359. The van der Waals surface area contributed by atoms with Gasteiger partial charge in [0.2, 0.25) is 5.91 Å². The molecule has 0 spiro atoms. The molecule has 0 radical (unpaired) electrons. The van der Waals surface area contributed by atoms with Crippen LogP contribution in [0.2, 0.25) is 0 Å². The van der Waals surface area contributed by atoms with Crippen molar-refractivity contribution in [1.29, 1.82) is 0 Å². The van der Waals surface area contributed by atoms with E-state index in [1.54, 1.807) is 0 Å². The van der Waals surface area contributed by atoms with E-state index in [4.69, 9.17) is 5.73 Å². The van der Waals surface area contributed by atoms with Gasteiger partial charge in [0, 0.05) is 6.54 Å². The third kappa shape index (κ3) is 4.61. The number of amides is 1. The van der Waals surface area contributed by atoms with Gasteiger partial charge in [-0.3, -0.25) is 4.79 Å². The van der Waals surface area contributed by atoms with Crippen molar-refractivity contribution in [2.24, 2.45) is 17.1 Å². The number of hydrogen-bond donors (Lipinski definition) is 2. The van der Waals surface area contributed by atoms with Crippen molar-refractivity contribution >= 4 is 5.91 Å². The Morgan fingerprint density at radius 1 is 1.43 bits per heavy atom. The Kier molecular flexibility index (Phi) is 5.13. The van der Waals surface area contributed by atoms with Crippen LogP contribution in [0, 0.1) is 11.3 Å². The summed E-state index contributed by atoms with van der Waals surface area (Å²) in [5.41, 5.74) is 5.83. The number of hydrogen-bond acceptors (Lipinski definition) is 2. The third-order valence-corrected chi connectivity index (χ3v) is 2.84. The van der Waals surface area contributed by atoms with Gasteiger partial charge in [0.1, 0.15) is 0 Å². The largest absolute Gasteiger partial charge is 0.354 e. The zero-order chi connectivity index (χ0) is 11.4. The standard InChI is InChI=1S/C11H24N2O/c1-6-9(12)10(14)13-7-8(2)11(3,4)5/h8-9H,6-7,12H2,1-5H3,(H,13,14)/t8?,9-/m0/s1. The molecule has 2 atom stereocenters. The monoisotopic (exact) mass is 200 g/mol. The fourth-order valence-corrected chi connectivity index (χ4v) is 0.876. The maximum atomic E-state index is 11.4. The minimum Gasteiger partial charge on any atom is -0.354 e. The molecule has 0 aromatic heterocycles. The van der Waals surface area contributed by atoms with Crippen LogP contribution in [0.25, 0.3) is 0 Å². The minimum atomic E-state index is -0.359. The lowest BCUT2D eigenvalue weighted by Crippen LogP contribution is -2.43. The molecule has 3 nitrogen and oxygen atoms in total. The normalized spacial score (nSPS) is 16.1. The minimum absolute atomic E-state index is 0.0383. The molecule has 0 heterocycles. The first-order valence-corrected chi connectivity index (χ1v) is 5.32. The average Bonchev–Trinajstić information content (AvgIpc) is 2.10. The number of carbonyl (C=O) groups excluding carboxylic acids is 1. The molecule has 3 heteroatoms. The first kappa shape index (κ1) is 13.4. The molecule has 3 N–H and O–H groups in total. The van der Waals surface area contributed by atoms with Gasteiger partial charge in [-0.05, 0) is 17.8 Å². The van der Waals surface area contributed by atoms with E-state index in [1.807, 2.05) is 6.92 Å². The molecule has 0 aromatic carbocycles. The number of nitrogens with two attached hydrogens (primary N) is 1. The number of carbonyl (C=O) groups is 1. The highest BCUT2D eigenvalue weighted by molar-refractivity contribution is 5.81. The van der Waals surface area contributed by atoms with Gasteiger partial charge in [-0.1, -0.05) is 34.6 Å². The van der Waals surface area contributed by atoms with Gasteiger partial charge in [0.05, 0.1) is 6.04 Å². The predicted octanol–water partition coefficient (Wildman–Crippen LogP) is 1.52. The summed E-state index contributed by atoms with van der Waals surface area (Å²) >= 11 is 0. The molecule has 0 aliphatic rings. The highest BCUT2D eigenvalue weighted by Gasteiger charge is 2.21. The second-order valence-corrected chi connectivity index (χ2v) is 5.03. The van der Waals surface area contributed by atoms with Crippen LogP contribution in [-0.4, -0.2) is 18.5 Å². The second kappa shape index (κ2) is 5.35. The molecule has 0 rings (SSSR count). The molecule has 0 aliphatic heterocycles. The van der Waals surface area contributed by atoms with E-state index in [0.717, 1.165) is 0 Å². The van der Waals surface area contributed by atoms with Gasteiger partial charge in [0.15, 0.2) is 0 Å². The zero-order valence-corrected chi connectivity index (χ0v) is 10.1. The van der Waals surface area contributed by atoms with Crippen molar-refractivity contribution in [2.45, 2.75) is 47.1 Å². The summed E-state index contributed by atoms with van der Waals surface area (Å²) in [6.45, 7) is 11.3. The molecular weight excluding hydrogens is 176 g/mol. The number of nitrogens with one attached hydrogen (secondary N) is 1.